The molecule has 24 heavy (non-hydrogen) atoms. The van der Waals surface area contributed by atoms with E-state index in [-0.39, 0.29) is 0 Å². The second-order valence-corrected chi connectivity index (χ2v) is 5.61. The lowest BCUT2D eigenvalue weighted by molar-refractivity contribution is 0.917. The number of nitrogens with one attached hydrogen (secondary N) is 2. The summed E-state index contributed by atoms with van der Waals surface area (Å²) in [6.07, 6.45) is 4.66. The molecule has 0 spiro atoms. The van der Waals surface area contributed by atoms with Gasteiger partial charge in [-0.05, 0) is 36.2 Å². The number of hydrogen-bond acceptors (Lipinski definition) is 5. The number of hydrogen-bond donors (Lipinski definition) is 2. The molecule has 0 aliphatic carbocycles. The molecule has 4 aromatic rings. The van der Waals surface area contributed by atoms with Crippen molar-refractivity contribution < 1.29 is 0 Å². The van der Waals surface area contributed by atoms with Crippen LogP contribution in [0.2, 0.25) is 0 Å². The quantitative estimate of drug-likeness (QED) is 0.447. The highest BCUT2D eigenvalue weighted by Gasteiger charge is 2.09. The van der Waals surface area contributed by atoms with Crippen LogP contribution >= 0.6 is 0 Å². The SMILES string of the molecule is CCc1ccc2[nH]c3nc(N/N=C\c4cccn4C)nnc3c2c1. The Kier molecular flexibility index (Phi) is 3.45. The van der Waals surface area contributed by atoms with E-state index in [1.165, 1.54) is 5.56 Å². The van der Waals surface area contributed by atoms with E-state index in [1.54, 1.807) is 6.21 Å². The highest BCUT2D eigenvalue weighted by atomic mass is 15.4. The van der Waals surface area contributed by atoms with Crippen LogP contribution in [0.25, 0.3) is 22.1 Å². The third-order valence-electron chi connectivity index (χ3n) is 4.03. The minimum absolute atomic E-state index is 0.357. The van der Waals surface area contributed by atoms with Gasteiger partial charge in [-0.3, -0.25) is 0 Å². The topological polar surface area (TPSA) is 83.8 Å². The van der Waals surface area contributed by atoms with Crippen LogP contribution < -0.4 is 5.43 Å². The summed E-state index contributed by atoms with van der Waals surface area (Å²) in [6.45, 7) is 2.13. The molecule has 4 rings (SSSR count). The van der Waals surface area contributed by atoms with Crippen LogP contribution in [0.1, 0.15) is 18.2 Å². The molecule has 1 aromatic carbocycles. The highest BCUT2D eigenvalue weighted by Crippen LogP contribution is 2.23. The fourth-order valence-electron chi connectivity index (χ4n) is 2.65. The summed E-state index contributed by atoms with van der Waals surface area (Å²) in [6, 6.07) is 10.2. The van der Waals surface area contributed by atoms with Crippen molar-refractivity contribution >= 4 is 34.2 Å². The summed E-state index contributed by atoms with van der Waals surface area (Å²) >= 11 is 0. The molecule has 0 radical (unpaired) electrons. The van der Waals surface area contributed by atoms with Crippen LogP contribution in [0.5, 0.6) is 0 Å². The third kappa shape index (κ3) is 2.50. The second kappa shape index (κ2) is 5.77. The van der Waals surface area contributed by atoms with Gasteiger partial charge in [-0.25, -0.2) is 5.43 Å². The van der Waals surface area contributed by atoms with Gasteiger partial charge in [0.1, 0.15) is 5.52 Å². The number of hydrazone groups is 1. The van der Waals surface area contributed by atoms with Gasteiger partial charge in [-0.15, -0.1) is 10.2 Å². The largest absolute Gasteiger partial charge is 0.350 e. The Bertz CT molecular complexity index is 1040. The summed E-state index contributed by atoms with van der Waals surface area (Å²) in [4.78, 5) is 7.72. The summed E-state index contributed by atoms with van der Waals surface area (Å²) in [5.41, 5.74) is 7.55. The van der Waals surface area contributed by atoms with E-state index in [4.69, 9.17) is 0 Å². The maximum Gasteiger partial charge on any atom is 0.265 e. The summed E-state index contributed by atoms with van der Waals surface area (Å²) in [5.74, 6) is 0.357. The van der Waals surface area contributed by atoms with Gasteiger partial charge in [0.2, 0.25) is 0 Å². The maximum absolute atomic E-state index is 4.45. The number of anilines is 1. The van der Waals surface area contributed by atoms with E-state index >= 15 is 0 Å². The summed E-state index contributed by atoms with van der Waals surface area (Å²) in [7, 11) is 1.96. The van der Waals surface area contributed by atoms with Crippen molar-refractivity contribution in [3.8, 4) is 0 Å². The fraction of sp³-hybridized carbons (Fsp3) is 0.176. The van der Waals surface area contributed by atoms with Crippen LogP contribution in [-0.2, 0) is 13.5 Å². The third-order valence-corrected chi connectivity index (χ3v) is 4.03. The van der Waals surface area contributed by atoms with Gasteiger partial charge in [-0.1, -0.05) is 13.0 Å². The molecule has 2 N–H and O–H groups in total. The smallest absolute Gasteiger partial charge is 0.265 e. The van der Waals surface area contributed by atoms with Crippen molar-refractivity contribution in [1.82, 2.24) is 24.7 Å². The molecule has 0 fully saturated rings. The lowest BCUT2D eigenvalue weighted by Gasteiger charge is -1.98. The zero-order chi connectivity index (χ0) is 16.5. The Labute approximate surface area is 138 Å². The fourth-order valence-corrected chi connectivity index (χ4v) is 2.65. The van der Waals surface area contributed by atoms with Gasteiger partial charge in [-0.2, -0.15) is 10.1 Å². The molecule has 3 heterocycles. The molecule has 7 heteroatoms. The Morgan fingerprint density at radius 2 is 2.21 bits per heavy atom. The number of rotatable bonds is 4. The molecular formula is C17H17N7. The zero-order valence-corrected chi connectivity index (χ0v) is 13.5. The molecule has 120 valence electrons. The van der Waals surface area contributed by atoms with Crippen molar-refractivity contribution in [3.05, 3.63) is 47.8 Å². The summed E-state index contributed by atoms with van der Waals surface area (Å²) in [5, 5.41) is 13.6. The van der Waals surface area contributed by atoms with Crippen molar-refractivity contribution in [2.45, 2.75) is 13.3 Å². The highest BCUT2D eigenvalue weighted by molar-refractivity contribution is 6.03. The van der Waals surface area contributed by atoms with Crippen molar-refractivity contribution in [1.29, 1.82) is 0 Å². The van der Waals surface area contributed by atoms with Crippen molar-refractivity contribution in [3.63, 3.8) is 0 Å². The standard InChI is InChI=1S/C17H17N7/c1-3-11-6-7-14-13(9-11)15-16(19-14)20-17(23-21-15)22-18-10-12-5-4-8-24(12)2/h4-10H,3H2,1-2H3,(H2,19,20,22,23)/b18-10-. The van der Waals surface area contributed by atoms with Crippen LogP contribution in [0.3, 0.4) is 0 Å². The van der Waals surface area contributed by atoms with Gasteiger partial charge >= 0.3 is 0 Å². The van der Waals surface area contributed by atoms with E-state index < -0.39 is 0 Å². The number of H-pyrrole nitrogens is 1. The molecule has 0 bridgehead atoms. The van der Waals surface area contributed by atoms with E-state index in [2.05, 4.69) is 55.8 Å². The number of fused-ring (bicyclic) bond motifs is 3. The molecule has 7 nitrogen and oxygen atoms in total. The molecule has 0 saturated carbocycles. The molecule has 0 amide bonds. The first-order chi connectivity index (χ1) is 11.7. The lowest BCUT2D eigenvalue weighted by Crippen LogP contribution is -2.00. The van der Waals surface area contributed by atoms with Gasteiger partial charge in [0.15, 0.2) is 5.65 Å². The summed E-state index contributed by atoms with van der Waals surface area (Å²) < 4.78 is 1.97. The average molecular weight is 319 g/mol. The Morgan fingerprint density at radius 3 is 3.00 bits per heavy atom. The van der Waals surface area contributed by atoms with Crippen LogP contribution in [0, 0.1) is 0 Å². The normalized spacial score (nSPS) is 11.8. The Morgan fingerprint density at radius 1 is 1.29 bits per heavy atom. The molecule has 0 aliphatic heterocycles. The zero-order valence-electron chi connectivity index (χ0n) is 13.5. The first-order valence-corrected chi connectivity index (χ1v) is 7.80. The number of aryl methyl sites for hydroxylation is 2. The minimum Gasteiger partial charge on any atom is -0.350 e. The Hall–Kier alpha value is -3.22. The molecule has 0 atom stereocenters. The molecular weight excluding hydrogens is 302 g/mol. The van der Waals surface area contributed by atoms with Crippen molar-refractivity contribution in [2.75, 3.05) is 5.43 Å². The molecule has 0 saturated heterocycles. The monoisotopic (exact) mass is 319 g/mol. The number of benzene rings is 1. The van der Waals surface area contributed by atoms with Crippen LogP contribution in [0.4, 0.5) is 5.95 Å². The van der Waals surface area contributed by atoms with Crippen molar-refractivity contribution in [2.24, 2.45) is 12.1 Å². The van der Waals surface area contributed by atoms with Gasteiger partial charge in [0.25, 0.3) is 5.95 Å². The first-order valence-electron chi connectivity index (χ1n) is 7.80. The lowest BCUT2D eigenvalue weighted by atomic mass is 10.1. The number of aromatic amines is 1. The van der Waals surface area contributed by atoms with Crippen LogP contribution in [-0.4, -0.2) is 30.9 Å². The first kappa shape index (κ1) is 14.4. The van der Waals surface area contributed by atoms with Gasteiger partial charge in [0.05, 0.1) is 11.9 Å². The Balaban J connectivity index is 1.64. The van der Waals surface area contributed by atoms with Crippen LogP contribution in [0.15, 0.2) is 41.6 Å². The maximum atomic E-state index is 4.45. The van der Waals surface area contributed by atoms with E-state index in [0.29, 0.717) is 11.6 Å². The van der Waals surface area contributed by atoms with Gasteiger partial charge in [0, 0.05) is 24.1 Å². The average Bonchev–Trinajstić information content (AvgIpc) is 3.17. The van der Waals surface area contributed by atoms with E-state index in [0.717, 1.165) is 28.5 Å². The second-order valence-electron chi connectivity index (χ2n) is 5.61. The molecule has 3 aromatic heterocycles. The minimum atomic E-state index is 0.357. The van der Waals surface area contributed by atoms with E-state index in [1.807, 2.05) is 29.9 Å². The predicted molar refractivity (Wildman–Crippen MR) is 95.2 cm³/mol. The van der Waals surface area contributed by atoms with Gasteiger partial charge < -0.3 is 9.55 Å². The van der Waals surface area contributed by atoms with E-state index in [9.17, 15) is 0 Å². The number of aromatic nitrogens is 5. The molecule has 0 aliphatic rings. The number of nitrogens with zero attached hydrogens (tertiary/aromatic N) is 5. The predicted octanol–water partition coefficient (Wildman–Crippen LogP) is 2.85. The molecule has 0 unspecified atom stereocenters.